The SMILES string of the molecule is Cn1nncc1-c1cccc([C@@H]2Cc3cc(C(F)(F)F)ccc3O2)c1. The Hall–Kier alpha value is -2.83. The lowest BCUT2D eigenvalue weighted by Crippen LogP contribution is -2.04. The van der Waals surface area contributed by atoms with E-state index in [2.05, 4.69) is 10.3 Å². The van der Waals surface area contributed by atoms with Crippen LogP contribution in [-0.4, -0.2) is 15.0 Å². The first-order valence-corrected chi connectivity index (χ1v) is 7.73. The van der Waals surface area contributed by atoms with Gasteiger partial charge in [0, 0.05) is 19.0 Å². The number of hydrogen-bond acceptors (Lipinski definition) is 3. The molecule has 1 aromatic heterocycles. The molecule has 0 N–H and O–H groups in total. The van der Waals surface area contributed by atoms with Gasteiger partial charge in [-0.3, -0.25) is 0 Å². The zero-order valence-electron chi connectivity index (χ0n) is 13.3. The summed E-state index contributed by atoms with van der Waals surface area (Å²) < 4.78 is 46.1. The minimum absolute atomic E-state index is 0.306. The van der Waals surface area contributed by atoms with E-state index in [1.165, 1.54) is 12.1 Å². The van der Waals surface area contributed by atoms with E-state index >= 15 is 0 Å². The van der Waals surface area contributed by atoms with E-state index in [0.29, 0.717) is 17.7 Å². The Morgan fingerprint density at radius 1 is 1.16 bits per heavy atom. The van der Waals surface area contributed by atoms with Gasteiger partial charge in [-0.15, -0.1) is 5.10 Å². The zero-order valence-corrected chi connectivity index (χ0v) is 13.3. The Labute approximate surface area is 141 Å². The van der Waals surface area contributed by atoms with Crippen molar-refractivity contribution in [3.8, 4) is 17.0 Å². The topological polar surface area (TPSA) is 39.9 Å². The predicted molar refractivity (Wildman–Crippen MR) is 85.0 cm³/mol. The maximum atomic E-state index is 12.9. The Morgan fingerprint density at radius 3 is 2.72 bits per heavy atom. The van der Waals surface area contributed by atoms with Gasteiger partial charge in [-0.05, 0) is 35.4 Å². The quantitative estimate of drug-likeness (QED) is 0.700. The van der Waals surface area contributed by atoms with Gasteiger partial charge in [-0.2, -0.15) is 13.2 Å². The van der Waals surface area contributed by atoms with E-state index < -0.39 is 11.7 Å². The molecule has 3 aromatic rings. The number of rotatable bonds is 2. The average Bonchev–Trinajstić information content (AvgIpc) is 3.19. The van der Waals surface area contributed by atoms with Gasteiger partial charge in [-0.1, -0.05) is 23.4 Å². The fourth-order valence-corrected chi connectivity index (χ4v) is 3.06. The molecular weight excluding hydrogens is 331 g/mol. The number of benzene rings is 2. The van der Waals surface area contributed by atoms with Crippen molar-refractivity contribution in [3.05, 3.63) is 65.4 Å². The molecule has 25 heavy (non-hydrogen) atoms. The molecule has 0 amide bonds. The van der Waals surface area contributed by atoms with Crippen LogP contribution in [0.4, 0.5) is 13.2 Å². The molecule has 4 nitrogen and oxygen atoms in total. The number of aryl methyl sites for hydroxylation is 1. The fraction of sp³-hybridized carbons (Fsp3) is 0.222. The van der Waals surface area contributed by atoms with Crippen LogP contribution < -0.4 is 4.74 Å². The number of aromatic nitrogens is 3. The molecule has 128 valence electrons. The lowest BCUT2D eigenvalue weighted by atomic mass is 10.00. The highest BCUT2D eigenvalue weighted by atomic mass is 19.4. The summed E-state index contributed by atoms with van der Waals surface area (Å²) in [6.07, 6.45) is -2.58. The lowest BCUT2D eigenvalue weighted by molar-refractivity contribution is -0.137. The van der Waals surface area contributed by atoms with Crippen molar-refractivity contribution in [1.29, 1.82) is 0 Å². The Morgan fingerprint density at radius 2 is 2.00 bits per heavy atom. The van der Waals surface area contributed by atoms with Crippen LogP contribution in [-0.2, 0) is 19.6 Å². The van der Waals surface area contributed by atoms with Crippen molar-refractivity contribution in [1.82, 2.24) is 15.0 Å². The van der Waals surface area contributed by atoms with Gasteiger partial charge in [-0.25, -0.2) is 4.68 Å². The van der Waals surface area contributed by atoms with Gasteiger partial charge in [0.1, 0.15) is 11.9 Å². The van der Waals surface area contributed by atoms with Gasteiger partial charge >= 0.3 is 6.18 Å². The molecule has 0 saturated carbocycles. The zero-order chi connectivity index (χ0) is 17.6. The van der Waals surface area contributed by atoms with E-state index in [9.17, 15) is 13.2 Å². The maximum Gasteiger partial charge on any atom is 0.416 e. The standard InChI is InChI=1S/C18H14F3N3O/c1-24-15(10-22-23-24)11-3-2-4-12(7-11)17-9-13-8-14(18(19,20)21)5-6-16(13)25-17/h2-8,10,17H,9H2,1H3/t17-/m0/s1. The van der Waals surface area contributed by atoms with E-state index in [4.69, 9.17) is 4.74 Å². The number of alkyl halides is 3. The molecule has 0 aliphatic carbocycles. The highest BCUT2D eigenvalue weighted by Crippen LogP contribution is 2.40. The summed E-state index contributed by atoms with van der Waals surface area (Å²) in [6, 6.07) is 11.3. The van der Waals surface area contributed by atoms with Gasteiger partial charge in [0.25, 0.3) is 0 Å². The molecule has 1 aliphatic heterocycles. The molecule has 0 fully saturated rings. The molecule has 0 spiro atoms. The molecule has 1 atom stereocenters. The highest BCUT2D eigenvalue weighted by molar-refractivity contribution is 5.59. The van der Waals surface area contributed by atoms with Crippen molar-refractivity contribution in [2.75, 3.05) is 0 Å². The van der Waals surface area contributed by atoms with Crippen LogP contribution in [0, 0.1) is 0 Å². The van der Waals surface area contributed by atoms with E-state index in [0.717, 1.165) is 22.9 Å². The van der Waals surface area contributed by atoms with Crippen LogP contribution in [0.1, 0.15) is 22.8 Å². The average molecular weight is 345 g/mol. The second kappa shape index (κ2) is 5.61. The third-order valence-corrected chi connectivity index (χ3v) is 4.33. The molecule has 0 bridgehead atoms. The predicted octanol–water partition coefficient (Wildman–Crippen LogP) is 4.18. The first-order valence-electron chi connectivity index (χ1n) is 7.73. The summed E-state index contributed by atoms with van der Waals surface area (Å²) >= 11 is 0. The highest BCUT2D eigenvalue weighted by Gasteiger charge is 2.33. The summed E-state index contributed by atoms with van der Waals surface area (Å²) in [5.41, 5.74) is 2.62. The molecular formula is C18H14F3N3O. The van der Waals surface area contributed by atoms with Crippen LogP contribution in [0.5, 0.6) is 5.75 Å². The first-order chi connectivity index (χ1) is 11.9. The van der Waals surface area contributed by atoms with Crippen molar-refractivity contribution in [2.45, 2.75) is 18.7 Å². The van der Waals surface area contributed by atoms with E-state index in [1.807, 2.05) is 24.3 Å². The minimum Gasteiger partial charge on any atom is -0.485 e. The third kappa shape index (κ3) is 2.86. The Bertz CT molecular complexity index is 933. The Balaban J connectivity index is 1.63. The molecule has 2 aromatic carbocycles. The summed E-state index contributed by atoms with van der Waals surface area (Å²) in [5, 5.41) is 7.78. The van der Waals surface area contributed by atoms with Gasteiger partial charge in [0.2, 0.25) is 0 Å². The first kappa shape index (κ1) is 15.7. The monoisotopic (exact) mass is 345 g/mol. The summed E-state index contributed by atoms with van der Waals surface area (Å²) in [7, 11) is 1.80. The second-order valence-corrected chi connectivity index (χ2v) is 6.00. The minimum atomic E-state index is -4.35. The number of nitrogens with zero attached hydrogens (tertiary/aromatic N) is 3. The second-order valence-electron chi connectivity index (χ2n) is 6.00. The van der Waals surface area contributed by atoms with Crippen molar-refractivity contribution in [2.24, 2.45) is 7.05 Å². The fourth-order valence-electron chi connectivity index (χ4n) is 3.06. The smallest absolute Gasteiger partial charge is 0.416 e. The van der Waals surface area contributed by atoms with Gasteiger partial charge in [0.05, 0.1) is 17.5 Å². The molecule has 0 unspecified atom stereocenters. The molecule has 0 saturated heterocycles. The van der Waals surface area contributed by atoms with E-state index in [-0.39, 0.29) is 6.10 Å². The van der Waals surface area contributed by atoms with Crippen LogP contribution >= 0.6 is 0 Å². The molecule has 1 aliphatic rings. The molecule has 2 heterocycles. The number of ether oxygens (including phenoxy) is 1. The molecule has 4 rings (SSSR count). The van der Waals surface area contributed by atoms with Crippen LogP contribution in [0.15, 0.2) is 48.7 Å². The number of fused-ring (bicyclic) bond motifs is 1. The van der Waals surface area contributed by atoms with E-state index in [1.54, 1.807) is 17.9 Å². The molecule has 7 heteroatoms. The third-order valence-electron chi connectivity index (χ3n) is 4.33. The van der Waals surface area contributed by atoms with Gasteiger partial charge < -0.3 is 4.74 Å². The largest absolute Gasteiger partial charge is 0.485 e. The number of hydrogen-bond donors (Lipinski definition) is 0. The molecule has 0 radical (unpaired) electrons. The summed E-state index contributed by atoms with van der Waals surface area (Å²) in [6.45, 7) is 0. The summed E-state index contributed by atoms with van der Waals surface area (Å²) in [5.74, 6) is 0.505. The Kier molecular flexibility index (Phi) is 3.52. The van der Waals surface area contributed by atoms with Crippen molar-refractivity contribution in [3.63, 3.8) is 0 Å². The maximum absolute atomic E-state index is 12.9. The lowest BCUT2D eigenvalue weighted by Gasteiger charge is -2.12. The van der Waals surface area contributed by atoms with Crippen molar-refractivity contribution >= 4 is 0 Å². The van der Waals surface area contributed by atoms with Gasteiger partial charge in [0.15, 0.2) is 0 Å². The number of halogens is 3. The normalized spacial score (nSPS) is 16.6. The van der Waals surface area contributed by atoms with Crippen LogP contribution in [0.3, 0.4) is 0 Å². The summed E-state index contributed by atoms with van der Waals surface area (Å²) in [4.78, 5) is 0. The van der Waals surface area contributed by atoms with Crippen LogP contribution in [0.2, 0.25) is 0 Å². The van der Waals surface area contributed by atoms with Crippen molar-refractivity contribution < 1.29 is 17.9 Å². The van der Waals surface area contributed by atoms with Crippen LogP contribution in [0.25, 0.3) is 11.3 Å².